The maximum Gasteiger partial charge on any atom is 4.00 e. The Morgan fingerprint density at radius 2 is 0.932 bits per heavy atom. The predicted molar refractivity (Wildman–Crippen MR) is 179 cm³/mol. The van der Waals surface area contributed by atoms with Crippen molar-refractivity contribution >= 4 is 23.6 Å². The van der Waals surface area contributed by atoms with Gasteiger partial charge in [0, 0.05) is 0 Å². The summed E-state index contributed by atoms with van der Waals surface area (Å²) >= 11 is 0. The molecule has 0 nitrogen and oxygen atoms in total. The van der Waals surface area contributed by atoms with E-state index in [1.807, 2.05) is 0 Å². The van der Waals surface area contributed by atoms with Crippen LogP contribution in [0.25, 0.3) is 0 Å². The fourth-order valence-electron chi connectivity index (χ4n) is 6.39. The fraction of sp³-hybridized carbons (Fsp3) is 0.436. The van der Waals surface area contributed by atoms with Crippen LogP contribution in [0.3, 0.4) is 0 Å². The van der Waals surface area contributed by atoms with E-state index in [1.54, 1.807) is 5.20 Å². The summed E-state index contributed by atoms with van der Waals surface area (Å²) in [6.45, 7) is 11.6. The first-order valence-electron chi connectivity index (χ1n) is 16.2. The van der Waals surface area contributed by atoms with Gasteiger partial charge in [-0.3, -0.25) is 6.08 Å². The number of allylic oxidation sites excluding steroid dienone is 4. The summed E-state index contributed by atoms with van der Waals surface area (Å²) in [6, 6.07) is 29.5. The molecule has 1 aliphatic carbocycles. The molecule has 1 aliphatic rings. The van der Waals surface area contributed by atoms with E-state index in [2.05, 4.69) is 120 Å². The van der Waals surface area contributed by atoms with Crippen molar-refractivity contribution in [1.82, 2.24) is 0 Å². The Morgan fingerprint density at radius 1 is 0.591 bits per heavy atom. The average molecular weight is 702 g/mol. The molecule has 0 saturated heterocycles. The SMILES string of the molecule is CCCCc1ccc([Si](C2=C(C(C)CC)[C-]=CC2)(c2ccc(CCCC)cc2)c2ccc(CCCC)cc2)cc1.[Cl-].[Cl-].[Cl-].[Ti+4]. The van der Waals surface area contributed by atoms with Crippen molar-refractivity contribution < 1.29 is 58.9 Å². The number of unbranched alkanes of at least 4 members (excludes halogenated alkanes) is 3. The molecule has 0 spiro atoms. The smallest absolute Gasteiger partial charge is 1.00 e. The Balaban J connectivity index is 0.00000462. The second-order valence-electron chi connectivity index (χ2n) is 11.9. The van der Waals surface area contributed by atoms with Gasteiger partial charge < -0.3 is 37.2 Å². The Morgan fingerprint density at radius 3 is 1.23 bits per heavy atom. The van der Waals surface area contributed by atoms with Crippen molar-refractivity contribution in [3.63, 3.8) is 0 Å². The van der Waals surface area contributed by atoms with Gasteiger partial charge in [-0.05, 0) is 55.2 Å². The van der Waals surface area contributed by atoms with Gasteiger partial charge >= 0.3 is 21.7 Å². The van der Waals surface area contributed by atoms with Crippen LogP contribution in [0.4, 0.5) is 0 Å². The molecular formula is C39H51Cl3SiTi. The van der Waals surface area contributed by atoms with E-state index in [9.17, 15) is 0 Å². The largest absolute Gasteiger partial charge is 4.00 e. The number of halogens is 3. The summed E-state index contributed by atoms with van der Waals surface area (Å²) in [4.78, 5) is 0. The molecule has 1 unspecified atom stereocenters. The first kappa shape index (κ1) is 42.9. The van der Waals surface area contributed by atoms with Crippen molar-refractivity contribution in [2.24, 2.45) is 5.92 Å². The minimum atomic E-state index is -2.51. The van der Waals surface area contributed by atoms with Crippen LogP contribution in [-0.2, 0) is 41.0 Å². The molecule has 0 aromatic heterocycles. The van der Waals surface area contributed by atoms with Crippen LogP contribution in [0.5, 0.6) is 0 Å². The third kappa shape index (κ3) is 9.97. The van der Waals surface area contributed by atoms with Crippen molar-refractivity contribution in [1.29, 1.82) is 0 Å². The average Bonchev–Trinajstić information content (AvgIpc) is 3.50. The predicted octanol–water partition coefficient (Wildman–Crippen LogP) is -0.161. The fourth-order valence-corrected chi connectivity index (χ4v) is 11.6. The van der Waals surface area contributed by atoms with Gasteiger partial charge in [-0.1, -0.05) is 161 Å². The first-order valence-corrected chi connectivity index (χ1v) is 18.2. The number of benzene rings is 3. The van der Waals surface area contributed by atoms with Gasteiger partial charge in [0.05, 0.1) is 8.07 Å². The molecule has 0 N–H and O–H groups in total. The molecule has 5 heteroatoms. The molecule has 0 bridgehead atoms. The van der Waals surface area contributed by atoms with E-state index in [0.717, 1.165) is 12.8 Å². The Kier molecular flexibility index (Phi) is 21.2. The van der Waals surface area contributed by atoms with Crippen molar-refractivity contribution in [2.45, 2.75) is 105 Å². The summed E-state index contributed by atoms with van der Waals surface area (Å²) in [5, 5.41) is 6.19. The molecule has 236 valence electrons. The molecule has 3 aromatic carbocycles. The van der Waals surface area contributed by atoms with Crippen LogP contribution in [0, 0.1) is 12.0 Å². The third-order valence-corrected chi connectivity index (χ3v) is 14.0. The summed E-state index contributed by atoms with van der Waals surface area (Å²) in [5.41, 5.74) is 5.86. The van der Waals surface area contributed by atoms with Gasteiger partial charge in [-0.25, -0.2) is 10.8 Å². The maximum absolute atomic E-state index is 3.78. The van der Waals surface area contributed by atoms with Gasteiger partial charge in [0.1, 0.15) is 0 Å². The first-order chi connectivity index (χ1) is 19.6. The van der Waals surface area contributed by atoms with Crippen LogP contribution >= 0.6 is 0 Å². The molecule has 0 heterocycles. The zero-order valence-corrected chi connectivity index (χ0v) is 32.3. The van der Waals surface area contributed by atoms with Gasteiger partial charge in [0.25, 0.3) is 0 Å². The number of aryl methyl sites for hydroxylation is 3. The van der Waals surface area contributed by atoms with E-state index in [0.29, 0.717) is 5.92 Å². The number of rotatable bonds is 15. The summed E-state index contributed by atoms with van der Waals surface area (Å²) in [7, 11) is -2.51. The molecule has 0 aliphatic heterocycles. The van der Waals surface area contributed by atoms with Gasteiger partial charge in [-0.2, -0.15) is 6.08 Å². The second-order valence-corrected chi connectivity index (χ2v) is 15.7. The van der Waals surface area contributed by atoms with Gasteiger partial charge in [0.2, 0.25) is 0 Å². The summed E-state index contributed by atoms with van der Waals surface area (Å²) in [5.74, 6) is 0.511. The molecular weight excluding hydrogens is 651 g/mol. The van der Waals surface area contributed by atoms with Gasteiger partial charge in [0.15, 0.2) is 0 Å². The molecule has 0 amide bonds. The van der Waals surface area contributed by atoms with E-state index >= 15 is 0 Å². The van der Waals surface area contributed by atoms with Crippen LogP contribution < -0.4 is 52.8 Å². The molecule has 0 saturated carbocycles. The number of hydrogen-bond donors (Lipinski definition) is 0. The minimum absolute atomic E-state index is 0. The van der Waals surface area contributed by atoms with Gasteiger partial charge in [-0.15, -0.1) is 0 Å². The third-order valence-electron chi connectivity index (χ3n) is 9.06. The molecule has 0 fully saturated rings. The van der Waals surface area contributed by atoms with E-state index in [1.165, 1.54) is 95.6 Å². The van der Waals surface area contributed by atoms with E-state index < -0.39 is 8.07 Å². The molecule has 0 radical (unpaired) electrons. The molecule has 1 atom stereocenters. The molecule has 3 aromatic rings. The van der Waals surface area contributed by atoms with Crippen LogP contribution in [0.1, 0.15) is 103 Å². The monoisotopic (exact) mass is 700 g/mol. The minimum Gasteiger partial charge on any atom is -1.00 e. The quantitative estimate of drug-likeness (QED) is 0.118. The zero-order valence-electron chi connectivity index (χ0n) is 27.5. The zero-order chi connectivity index (χ0) is 28.4. The normalized spacial score (nSPS) is 12.9. The van der Waals surface area contributed by atoms with Crippen molar-refractivity contribution in [3.05, 3.63) is 112 Å². The molecule has 44 heavy (non-hydrogen) atoms. The summed E-state index contributed by atoms with van der Waals surface area (Å²) in [6.07, 6.45) is 19.2. The second kappa shape index (κ2) is 21.7. The van der Waals surface area contributed by atoms with Crippen LogP contribution in [-0.4, -0.2) is 8.07 Å². The van der Waals surface area contributed by atoms with E-state index in [4.69, 9.17) is 0 Å². The van der Waals surface area contributed by atoms with Crippen molar-refractivity contribution in [2.75, 3.05) is 0 Å². The van der Waals surface area contributed by atoms with Crippen molar-refractivity contribution in [3.8, 4) is 0 Å². The van der Waals surface area contributed by atoms with Crippen LogP contribution in [0.15, 0.2) is 89.6 Å². The standard InChI is InChI=1S/C39H51Si.3ClH.Ti/c1-6-10-14-32-19-25-35(26-20-32)40(39-18-13-17-38(39)31(5)9-4,36-27-21-33(22-28-36)15-11-7-2)37-29-23-34(24-30-37)16-12-8-3;;;;/h13,19-31H,6-12,14-16,18H2,1-5H3;3*1H;/q-1;;;;+4/p-3. The maximum atomic E-state index is 3.78. The van der Waals surface area contributed by atoms with E-state index in [-0.39, 0.29) is 58.9 Å². The number of hydrogen-bond acceptors (Lipinski definition) is 0. The Labute approximate surface area is 304 Å². The summed E-state index contributed by atoms with van der Waals surface area (Å²) < 4.78 is 0. The molecule has 4 rings (SSSR count). The Bertz CT molecular complexity index is 1140. The van der Waals surface area contributed by atoms with Crippen LogP contribution in [0.2, 0.25) is 0 Å². The Hall–Kier alpha value is -1.06. The topological polar surface area (TPSA) is 0 Å².